The van der Waals surface area contributed by atoms with Crippen LogP contribution in [0.2, 0.25) is 0 Å². The number of alkyl halides is 6. The van der Waals surface area contributed by atoms with Crippen molar-refractivity contribution >= 4 is 5.78 Å². The zero-order chi connectivity index (χ0) is 22.0. The van der Waals surface area contributed by atoms with Gasteiger partial charge >= 0.3 is 12.4 Å². The Bertz CT molecular complexity index is 403. The first-order valence-corrected chi connectivity index (χ1v) is 9.09. The Kier molecular flexibility index (Phi) is 12.2. The van der Waals surface area contributed by atoms with Crippen molar-refractivity contribution in [3.63, 3.8) is 0 Å². The Morgan fingerprint density at radius 1 is 0.786 bits per heavy atom. The molecular weight excluding hydrogens is 398 g/mol. The number of ether oxygens (including phenoxy) is 2. The van der Waals surface area contributed by atoms with Crippen LogP contribution in [0.3, 0.4) is 0 Å². The highest BCUT2D eigenvalue weighted by Crippen LogP contribution is 2.27. The molecule has 168 valence electrons. The minimum atomic E-state index is -4.84. The van der Waals surface area contributed by atoms with Crippen molar-refractivity contribution in [1.82, 2.24) is 0 Å². The Morgan fingerprint density at radius 2 is 1.11 bits per heavy atom. The molecule has 0 aliphatic carbocycles. The fraction of sp³-hybridized carbons (Fsp3) is 0.941. The van der Waals surface area contributed by atoms with Crippen LogP contribution in [-0.4, -0.2) is 66.0 Å². The molecule has 0 aromatic heterocycles. The summed E-state index contributed by atoms with van der Waals surface area (Å²) in [6, 6.07) is 0. The maximum absolute atomic E-state index is 12.6. The molecule has 0 saturated carbocycles. The predicted octanol–water partition coefficient (Wildman–Crippen LogP) is 3.55. The van der Waals surface area contributed by atoms with E-state index in [2.05, 4.69) is 0 Å². The van der Waals surface area contributed by atoms with Crippen LogP contribution in [0.15, 0.2) is 0 Å². The van der Waals surface area contributed by atoms with Crippen LogP contribution >= 0.6 is 0 Å². The van der Waals surface area contributed by atoms with Crippen LogP contribution in [0.1, 0.15) is 52.4 Å². The van der Waals surface area contributed by atoms with Gasteiger partial charge in [-0.15, -0.1) is 0 Å². The first-order chi connectivity index (χ1) is 12.8. The van der Waals surface area contributed by atoms with Crippen molar-refractivity contribution < 1.29 is 50.8 Å². The summed E-state index contributed by atoms with van der Waals surface area (Å²) >= 11 is 0. The number of hydrogen-bond acceptors (Lipinski definition) is 5. The van der Waals surface area contributed by atoms with Gasteiger partial charge in [-0.25, -0.2) is 0 Å². The second-order valence-electron chi connectivity index (χ2n) is 6.28. The zero-order valence-corrected chi connectivity index (χ0v) is 15.9. The number of ketones is 1. The molecule has 0 rings (SSSR count). The molecule has 0 fully saturated rings. The fourth-order valence-corrected chi connectivity index (χ4v) is 2.64. The number of carbonyl (C=O) groups is 1. The zero-order valence-electron chi connectivity index (χ0n) is 15.9. The van der Waals surface area contributed by atoms with E-state index < -0.39 is 36.8 Å². The maximum atomic E-state index is 12.6. The molecular formula is C17H28F6O5. The lowest BCUT2D eigenvalue weighted by Crippen LogP contribution is -2.41. The summed E-state index contributed by atoms with van der Waals surface area (Å²) in [6.45, 7) is 2.88. The van der Waals surface area contributed by atoms with Crippen molar-refractivity contribution in [3.05, 3.63) is 0 Å². The van der Waals surface area contributed by atoms with Gasteiger partial charge in [0.15, 0.2) is 12.2 Å². The predicted molar refractivity (Wildman–Crippen MR) is 87.7 cm³/mol. The Hall–Kier alpha value is -0.910. The molecule has 0 aliphatic heterocycles. The summed E-state index contributed by atoms with van der Waals surface area (Å²) in [5.74, 6) is -0.339. The number of rotatable bonds is 14. The Labute approximate surface area is 160 Å². The molecule has 0 aliphatic rings. The summed E-state index contributed by atoms with van der Waals surface area (Å²) in [6.07, 6.45) is -18.4. The van der Waals surface area contributed by atoms with Gasteiger partial charge in [0.2, 0.25) is 0 Å². The van der Waals surface area contributed by atoms with Gasteiger partial charge in [-0.05, 0) is 39.5 Å². The molecule has 0 amide bonds. The van der Waals surface area contributed by atoms with E-state index in [1.165, 1.54) is 13.8 Å². The number of carbonyl (C=O) groups excluding carboxylic acids is 1. The Morgan fingerprint density at radius 3 is 1.36 bits per heavy atom. The van der Waals surface area contributed by atoms with Gasteiger partial charge in [0.25, 0.3) is 0 Å². The van der Waals surface area contributed by atoms with Crippen LogP contribution < -0.4 is 0 Å². The van der Waals surface area contributed by atoms with Gasteiger partial charge in [0.05, 0.1) is 12.2 Å². The van der Waals surface area contributed by atoms with E-state index in [9.17, 15) is 41.4 Å². The molecule has 0 aromatic rings. The topological polar surface area (TPSA) is 76.0 Å². The molecule has 28 heavy (non-hydrogen) atoms. The highest BCUT2D eigenvalue weighted by atomic mass is 19.4. The van der Waals surface area contributed by atoms with Crippen LogP contribution in [0.4, 0.5) is 26.3 Å². The molecule has 5 nitrogen and oxygen atoms in total. The number of aliphatic hydroxyl groups is 2. The third-order valence-corrected chi connectivity index (χ3v) is 4.03. The van der Waals surface area contributed by atoms with E-state index in [0.717, 1.165) is 0 Å². The molecule has 0 aromatic carbocycles. The summed E-state index contributed by atoms with van der Waals surface area (Å²) in [7, 11) is 0. The first kappa shape index (κ1) is 27.1. The van der Waals surface area contributed by atoms with Crippen LogP contribution in [0.25, 0.3) is 0 Å². The van der Waals surface area contributed by atoms with Crippen LogP contribution in [0, 0.1) is 0 Å². The molecule has 0 radical (unpaired) electrons. The van der Waals surface area contributed by atoms with Gasteiger partial charge in [0, 0.05) is 26.1 Å². The highest BCUT2D eigenvalue weighted by molar-refractivity contribution is 5.78. The maximum Gasteiger partial charge on any atom is 0.416 e. The third-order valence-electron chi connectivity index (χ3n) is 4.03. The van der Waals surface area contributed by atoms with Crippen molar-refractivity contribution in [2.75, 3.05) is 13.2 Å². The van der Waals surface area contributed by atoms with Crippen molar-refractivity contribution in [1.29, 1.82) is 0 Å². The average Bonchev–Trinajstić information content (AvgIpc) is 2.57. The summed E-state index contributed by atoms with van der Waals surface area (Å²) in [5.41, 5.74) is 0. The minimum absolute atomic E-state index is 0.0356. The van der Waals surface area contributed by atoms with E-state index >= 15 is 0 Å². The molecule has 2 unspecified atom stereocenters. The quantitative estimate of drug-likeness (QED) is 0.416. The number of aliphatic hydroxyl groups excluding tert-OH is 2. The molecule has 11 heteroatoms. The monoisotopic (exact) mass is 426 g/mol. The van der Waals surface area contributed by atoms with Gasteiger partial charge < -0.3 is 19.7 Å². The van der Waals surface area contributed by atoms with E-state index in [1.807, 2.05) is 0 Å². The van der Waals surface area contributed by atoms with E-state index in [1.54, 1.807) is 0 Å². The molecule has 0 heterocycles. The van der Waals surface area contributed by atoms with Gasteiger partial charge in [0.1, 0.15) is 5.78 Å². The van der Waals surface area contributed by atoms with Crippen molar-refractivity contribution in [2.24, 2.45) is 0 Å². The van der Waals surface area contributed by atoms with Crippen LogP contribution in [-0.2, 0) is 14.3 Å². The lowest BCUT2D eigenvalue weighted by molar-refractivity contribution is -0.237. The third kappa shape index (κ3) is 10.6. The lowest BCUT2D eigenvalue weighted by atomic mass is 10.0. The van der Waals surface area contributed by atoms with E-state index in [-0.39, 0.29) is 57.5 Å². The number of hydrogen-bond donors (Lipinski definition) is 2. The average molecular weight is 426 g/mol. The minimum Gasteiger partial charge on any atom is -0.381 e. The van der Waals surface area contributed by atoms with Crippen molar-refractivity contribution in [2.45, 2.75) is 89.1 Å². The fourth-order valence-electron chi connectivity index (χ4n) is 2.64. The number of Topliss-reactive ketones (excluding diaryl/α,β-unsaturated/α-hetero) is 1. The standard InChI is InChI=1S/C17H28F6O5/c1-3-27-12(14(25)16(18,19)20)9-5-7-11(24)8-6-10-13(28-4-2)15(26)17(21,22)23/h12-15,25-26H,3-10H2,1-2H3/t12-,13-,14?,15?/m1/s1. The second-order valence-corrected chi connectivity index (χ2v) is 6.28. The largest absolute Gasteiger partial charge is 0.416 e. The lowest BCUT2D eigenvalue weighted by Gasteiger charge is -2.25. The first-order valence-electron chi connectivity index (χ1n) is 9.09. The number of halogens is 6. The van der Waals surface area contributed by atoms with Gasteiger partial charge in [-0.3, -0.25) is 4.79 Å². The van der Waals surface area contributed by atoms with Gasteiger partial charge in [-0.2, -0.15) is 26.3 Å². The van der Waals surface area contributed by atoms with Crippen LogP contribution in [0.5, 0.6) is 0 Å². The second kappa shape index (κ2) is 12.6. The van der Waals surface area contributed by atoms with E-state index in [4.69, 9.17) is 9.47 Å². The summed E-state index contributed by atoms with van der Waals surface area (Å²) in [4.78, 5) is 11.8. The van der Waals surface area contributed by atoms with Crippen molar-refractivity contribution in [3.8, 4) is 0 Å². The summed E-state index contributed by atoms with van der Waals surface area (Å²) < 4.78 is 85.1. The molecule has 0 bridgehead atoms. The highest BCUT2D eigenvalue weighted by Gasteiger charge is 2.44. The molecule has 4 atom stereocenters. The molecule has 2 N–H and O–H groups in total. The normalized spacial score (nSPS) is 17.2. The van der Waals surface area contributed by atoms with Gasteiger partial charge in [-0.1, -0.05) is 0 Å². The SMILES string of the molecule is CCO[C@H](CCCC(=O)CCC[C@@H](OCC)C(O)C(F)(F)F)C(O)C(F)(F)F. The molecule has 0 saturated heterocycles. The summed E-state index contributed by atoms with van der Waals surface area (Å²) in [5, 5.41) is 18.5. The Balaban J connectivity index is 4.36. The smallest absolute Gasteiger partial charge is 0.381 e. The molecule has 0 spiro atoms. The van der Waals surface area contributed by atoms with E-state index in [0.29, 0.717) is 0 Å².